The average molecular weight is 274 g/mol. The molecule has 0 bridgehead atoms. The van der Waals surface area contributed by atoms with E-state index in [0.717, 1.165) is 25.7 Å². The van der Waals surface area contributed by atoms with Crippen molar-refractivity contribution in [2.75, 3.05) is 12.3 Å². The van der Waals surface area contributed by atoms with Gasteiger partial charge in [-0.15, -0.1) is 0 Å². The largest absolute Gasteiger partial charge is 0.313 e. The van der Waals surface area contributed by atoms with Gasteiger partial charge < -0.3 is 5.32 Å². The summed E-state index contributed by atoms with van der Waals surface area (Å²) in [5.41, 5.74) is 0. The number of sulfonamides is 1. The third-order valence-electron chi connectivity index (χ3n) is 3.83. The third kappa shape index (κ3) is 5.67. The molecule has 0 aromatic rings. The van der Waals surface area contributed by atoms with E-state index in [4.69, 9.17) is 0 Å². The predicted molar refractivity (Wildman–Crippen MR) is 74.1 cm³/mol. The summed E-state index contributed by atoms with van der Waals surface area (Å²) in [7, 11) is -3.09. The van der Waals surface area contributed by atoms with Crippen LogP contribution in [-0.4, -0.2) is 32.8 Å². The lowest BCUT2D eigenvalue weighted by molar-refractivity contribution is 0.426. The van der Waals surface area contributed by atoms with Crippen molar-refractivity contribution in [1.29, 1.82) is 0 Å². The minimum absolute atomic E-state index is 0.177. The van der Waals surface area contributed by atoms with Crippen LogP contribution < -0.4 is 10.0 Å². The normalized spacial score (nSPS) is 23.6. The molecule has 0 aromatic heterocycles. The van der Waals surface area contributed by atoms with Gasteiger partial charge in [-0.25, -0.2) is 13.1 Å². The van der Waals surface area contributed by atoms with E-state index in [0.29, 0.717) is 12.6 Å². The fourth-order valence-electron chi connectivity index (χ4n) is 2.57. The SMILES string of the molecule is O=S(=O)(CCNC1CC1)NC1CCCCCCC1. The minimum atomic E-state index is -3.09. The molecular formula is C13H26N2O2S. The molecule has 2 saturated carbocycles. The summed E-state index contributed by atoms with van der Waals surface area (Å²) >= 11 is 0. The van der Waals surface area contributed by atoms with Gasteiger partial charge in [-0.3, -0.25) is 0 Å². The fraction of sp³-hybridized carbons (Fsp3) is 1.00. The molecule has 0 radical (unpaired) electrons. The van der Waals surface area contributed by atoms with Crippen LogP contribution >= 0.6 is 0 Å². The maximum Gasteiger partial charge on any atom is 0.213 e. The molecule has 0 aromatic carbocycles. The van der Waals surface area contributed by atoms with Gasteiger partial charge in [0.1, 0.15) is 0 Å². The van der Waals surface area contributed by atoms with Gasteiger partial charge in [0.05, 0.1) is 5.75 Å². The van der Waals surface area contributed by atoms with Crippen molar-refractivity contribution in [2.45, 2.75) is 69.9 Å². The van der Waals surface area contributed by atoms with E-state index in [1.807, 2.05) is 0 Å². The van der Waals surface area contributed by atoms with E-state index in [1.165, 1.54) is 32.1 Å². The highest BCUT2D eigenvalue weighted by molar-refractivity contribution is 7.89. The molecule has 0 spiro atoms. The van der Waals surface area contributed by atoms with Gasteiger partial charge in [-0.1, -0.05) is 32.1 Å². The van der Waals surface area contributed by atoms with Gasteiger partial charge in [0, 0.05) is 18.6 Å². The summed E-state index contributed by atoms with van der Waals surface area (Å²) in [4.78, 5) is 0. The Bertz CT molecular complexity index is 331. The quantitative estimate of drug-likeness (QED) is 0.776. The molecule has 2 fully saturated rings. The summed E-state index contributed by atoms with van der Waals surface area (Å²) in [6.07, 6.45) is 10.6. The number of hydrogen-bond donors (Lipinski definition) is 2. The standard InChI is InChI=1S/C13H26N2O2S/c16-18(17,11-10-14-12-8-9-12)15-13-6-4-2-1-3-5-7-13/h12-15H,1-11H2. The van der Waals surface area contributed by atoms with Gasteiger partial charge in [-0.2, -0.15) is 0 Å². The van der Waals surface area contributed by atoms with Crippen molar-refractivity contribution >= 4 is 10.0 Å². The first-order valence-corrected chi connectivity index (χ1v) is 9.04. The fourth-order valence-corrected chi connectivity index (χ4v) is 3.82. The molecule has 0 saturated heterocycles. The van der Waals surface area contributed by atoms with Crippen LogP contribution in [0.4, 0.5) is 0 Å². The maximum atomic E-state index is 11.9. The van der Waals surface area contributed by atoms with Crippen LogP contribution in [0.25, 0.3) is 0 Å². The molecule has 0 heterocycles. The first-order chi connectivity index (χ1) is 8.66. The molecule has 2 rings (SSSR count). The molecule has 2 N–H and O–H groups in total. The summed E-state index contributed by atoms with van der Waals surface area (Å²) in [5.74, 6) is 0.222. The van der Waals surface area contributed by atoms with Crippen molar-refractivity contribution in [3.63, 3.8) is 0 Å². The van der Waals surface area contributed by atoms with E-state index in [2.05, 4.69) is 10.0 Å². The zero-order chi connectivity index (χ0) is 12.8. The van der Waals surface area contributed by atoms with Crippen molar-refractivity contribution < 1.29 is 8.42 Å². The Morgan fingerprint density at radius 3 is 2.06 bits per heavy atom. The van der Waals surface area contributed by atoms with Crippen molar-refractivity contribution in [1.82, 2.24) is 10.0 Å². The van der Waals surface area contributed by atoms with Crippen LogP contribution in [0.5, 0.6) is 0 Å². The molecule has 2 aliphatic rings. The number of rotatable bonds is 6. The van der Waals surface area contributed by atoms with Crippen LogP contribution in [0.3, 0.4) is 0 Å². The second-order valence-corrected chi connectivity index (χ2v) is 7.58. The molecule has 0 amide bonds. The molecule has 2 aliphatic carbocycles. The maximum absolute atomic E-state index is 11.9. The van der Waals surface area contributed by atoms with E-state index in [9.17, 15) is 8.42 Å². The number of nitrogens with one attached hydrogen (secondary N) is 2. The Labute approximate surface area is 111 Å². The molecule has 0 atom stereocenters. The molecule has 5 heteroatoms. The Kier molecular flexibility index (Phi) is 5.45. The smallest absolute Gasteiger partial charge is 0.213 e. The zero-order valence-electron chi connectivity index (χ0n) is 11.2. The van der Waals surface area contributed by atoms with E-state index >= 15 is 0 Å². The highest BCUT2D eigenvalue weighted by atomic mass is 32.2. The molecule has 106 valence electrons. The third-order valence-corrected chi connectivity index (χ3v) is 5.27. The first kappa shape index (κ1) is 14.3. The molecule has 4 nitrogen and oxygen atoms in total. The summed E-state index contributed by atoms with van der Waals surface area (Å²) in [6, 6.07) is 0.762. The van der Waals surface area contributed by atoms with Crippen LogP contribution in [0.15, 0.2) is 0 Å². The van der Waals surface area contributed by atoms with Crippen molar-refractivity contribution in [3.8, 4) is 0 Å². The lowest BCUT2D eigenvalue weighted by Gasteiger charge is -2.21. The number of hydrogen-bond acceptors (Lipinski definition) is 3. The van der Waals surface area contributed by atoms with Crippen LogP contribution in [0.1, 0.15) is 57.8 Å². The Morgan fingerprint density at radius 1 is 0.833 bits per heavy atom. The molecular weight excluding hydrogens is 248 g/mol. The van der Waals surface area contributed by atoms with Crippen LogP contribution in [0, 0.1) is 0 Å². The van der Waals surface area contributed by atoms with E-state index in [1.54, 1.807) is 0 Å². The molecule has 0 aliphatic heterocycles. The molecule has 18 heavy (non-hydrogen) atoms. The minimum Gasteiger partial charge on any atom is -0.313 e. The Hall–Kier alpha value is -0.130. The average Bonchev–Trinajstić information content (AvgIpc) is 3.05. The Morgan fingerprint density at radius 2 is 1.44 bits per heavy atom. The highest BCUT2D eigenvalue weighted by Gasteiger charge is 2.22. The zero-order valence-corrected chi connectivity index (χ0v) is 12.0. The predicted octanol–water partition coefficient (Wildman–Crippen LogP) is 1.77. The molecule has 0 unspecified atom stereocenters. The summed E-state index contributed by atoms with van der Waals surface area (Å²) < 4.78 is 26.8. The summed E-state index contributed by atoms with van der Waals surface area (Å²) in [6.45, 7) is 0.590. The van der Waals surface area contributed by atoms with Crippen LogP contribution in [0.2, 0.25) is 0 Å². The first-order valence-electron chi connectivity index (χ1n) is 7.39. The van der Waals surface area contributed by atoms with Crippen molar-refractivity contribution in [2.24, 2.45) is 0 Å². The van der Waals surface area contributed by atoms with Gasteiger partial charge in [-0.05, 0) is 25.7 Å². The van der Waals surface area contributed by atoms with Gasteiger partial charge in [0.25, 0.3) is 0 Å². The van der Waals surface area contributed by atoms with Crippen molar-refractivity contribution in [3.05, 3.63) is 0 Å². The highest BCUT2D eigenvalue weighted by Crippen LogP contribution is 2.19. The van der Waals surface area contributed by atoms with Gasteiger partial charge in [0.2, 0.25) is 10.0 Å². The van der Waals surface area contributed by atoms with Gasteiger partial charge in [0.15, 0.2) is 0 Å². The second-order valence-electron chi connectivity index (χ2n) is 5.71. The summed E-state index contributed by atoms with van der Waals surface area (Å²) in [5, 5.41) is 3.25. The Balaban J connectivity index is 1.70. The topological polar surface area (TPSA) is 58.2 Å². The van der Waals surface area contributed by atoms with Gasteiger partial charge >= 0.3 is 0 Å². The lowest BCUT2D eigenvalue weighted by Crippen LogP contribution is -2.39. The monoisotopic (exact) mass is 274 g/mol. The van der Waals surface area contributed by atoms with E-state index in [-0.39, 0.29) is 11.8 Å². The van der Waals surface area contributed by atoms with Crippen LogP contribution in [-0.2, 0) is 10.0 Å². The second kappa shape index (κ2) is 6.87. The van der Waals surface area contributed by atoms with E-state index < -0.39 is 10.0 Å². The lowest BCUT2D eigenvalue weighted by atomic mass is 9.97.